The molecule has 0 aliphatic heterocycles. The number of unbranched alkanes of at least 4 members (excludes halogenated alkanes) is 3. The van der Waals surface area contributed by atoms with Gasteiger partial charge >= 0.3 is 0 Å². The van der Waals surface area contributed by atoms with Gasteiger partial charge in [-0.05, 0) is 24.5 Å². The number of nitrogens with zero attached hydrogens (tertiary/aromatic N) is 1. The molecule has 1 heterocycles. The SMILES string of the molecule is CCCCCCC(C)c1ccccn1. The van der Waals surface area contributed by atoms with Crippen LogP contribution in [0.2, 0.25) is 0 Å². The Hall–Kier alpha value is -0.850. The van der Waals surface area contributed by atoms with Crippen molar-refractivity contribution < 1.29 is 0 Å². The Bertz CT molecular complexity index is 230. The van der Waals surface area contributed by atoms with Gasteiger partial charge in [0.1, 0.15) is 0 Å². The zero-order valence-electron chi connectivity index (χ0n) is 9.37. The average molecular weight is 191 g/mol. The molecule has 0 aliphatic carbocycles. The van der Waals surface area contributed by atoms with Gasteiger partial charge in [0.05, 0.1) is 0 Å². The van der Waals surface area contributed by atoms with Gasteiger partial charge in [-0.2, -0.15) is 0 Å². The molecule has 0 spiro atoms. The quantitative estimate of drug-likeness (QED) is 0.615. The first-order valence-corrected chi connectivity index (χ1v) is 5.75. The number of rotatable bonds is 6. The van der Waals surface area contributed by atoms with Crippen LogP contribution in [-0.2, 0) is 0 Å². The highest BCUT2D eigenvalue weighted by Gasteiger charge is 2.04. The van der Waals surface area contributed by atoms with Crippen LogP contribution in [0.25, 0.3) is 0 Å². The minimum absolute atomic E-state index is 0.619. The molecule has 0 fully saturated rings. The first-order valence-electron chi connectivity index (χ1n) is 5.75. The molecule has 0 amide bonds. The Labute approximate surface area is 87.6 Å². The van der Waals surface area contributed by atoms with E-state index >= 15 is 0 Å². The van der Waals surface area contributed by atoms with Crippen molar-refractivity contribution in [1.82, 2.24) is 4.98 Å². The second kappa shape index (κ2) is 6.58. The summed E-state index contributed by atoms with van der Waals surface area (Å²) in [5.41, 5.74) is 1.24. The van der Waals surface area contributed by atoms with E-state index in [9.17, 15) is 0 Å². The Morgan fingerprint density at radius 1 is 1.21 bits per heavy atom. The molecule has 1 aromatic heterocycles. The number of aromatic nitrogens is 1. The molecule has 78 valence electrons. The summed E-state index contributed by atoms with van der Waals surface area (Å²) >= 11 is 0. The molecule has 1 atom stereocenters. The van der Waals surface area contributed by atoms with E-state index in [2.05, 4.69) is 31.0 Å². The van der Waals surface area contributed by atoms with Crippen molar-refractivity contribution >= 4 is 0 Å². The normalized spacial score (nSPS) is 12.7. The van der Waals surface area contributed by atoms with E-state index in [1.54, 1.807) is 0 Å². The molecule has 0 saturated heterocycles. The van der Waals surface area contributed by atoms with Gasteiger partial charge in [-0.1, -0.05) is 45.6 Å². The van der Waals surface area contributed by atoms with Crippen LogP contribution in [0.5, 0.6) is 0 Å². The molecule has 0 aliphatic rings. The van der Waals surface area contributed by atoms with Gasteiger partial charge in [-0.25, -0.2) is 0 Å². The highest BCUT2D eigenvalue weighted by molar-refractivity contribution is 5.07. The van der Waals surface area contributed by atoms with E-state index in [4.69, 9.17) is 0 Å². The zero-order chi connectivity index (χ0) is 10.2. The first-order chi connectivity index (χ1) is 6.84. The highest BCUT2D eigenvalue weighted by atomic mass is 14.7. The summed E-state index contributed by atoms with van der Waals surface area (Å²) < 4.78 is 0. The lowest BCUT2D eigenvalue weighted by Gasteiger charge is -2.09. The lowest BCUT2D eigenvalue weighted by Crippen LogP contribution is -1.96. The molecule has 1 heteroatoms. The first kappa shape index (κ1) is 11.2. The Kier molecular flexibility index (Phi) is 5.28. The summed E-state index contributed by atoms with van der Waals surface area (Å²) in [5, 5.41) is 0. The molecule has 1 aromatic rings. The van der Waals surface area contributed by atoms with Gasteiger partial charge in [0.15, 0.2) is 0 Å². The topological polar surface area (TPSA) is 12.9 Å². The highest BCUT2D eigenvalue weighted by Crippen LogP contribution is 2.19. The van der Waals surface area contributed by atoms with Gasteiger partial charge in [-0.15, -0.1) is 0 Å². The predicted octanol–water partition coefficient (Wildman–Crippen LogP) is 4.16. The maximum atomic E-state index is 4.38. The van der Waals surface area contributed by atoms with Crippen LogP contribution in [-0.4, -0.2) is 4.98 Å². The second-order valence-electron chi connectivity index (χ2n) is 4.00. The van der Waals surface area contributed by atoms with Crippen LogP contribution in [0.3, 0.4) is 0 Å². The summed E-state index contributed by atoms with van der Waals surface area (Å²) in [6.45, 7) is 4.52. The molecule has 0 N–H and O–H groups in total. The van der Waals surface area contributed by atoms with Gasteiger partial charge in [0.25, 0.3) is 0 Å². The molecule has 1 rings (SSSR count). The van der Waals surface area contributed by atoms with Crippen LogP contribution < -0.4 is 0 Å². The molecule has 1 unspecified atom stereocenters. The molecule has 0 radical (unpaired) electrons. The Balaban J connectivity index is 2.25. The van der Waals surface area contributed by atoms with Crippen molar-refractivity contribution in [3.63, 3.8) is 0 Å². The fourth-order valence-corrected chi connectivity index (χ4v) is 1.69. The van der Waals surface area contributed by atoms with Gasteiger partial charge in [0, 0.05) is 11.9 Å². The van der Waals surface area contributed by atoms with Crippen LogP contribution in [0.1, 0.15) is 57.6 Å². The third-order valence-electron chi connectivity index (χ3n) is 2.68. The van der Waals surface area contributed by atoms with Crippen LogP contribution in [0.15, 0.2) is 24.4 Å². The van der Waals surface area contributed by atoms with Crippen molar-refractivity contribution in [3.05, 3.63) is 30.1 Å². The van der Waals surface area contributed by atoms with E-state index in [0.29, 0.717) is 5.92 Å². The minimum Gasteiger partial charge on any atom is -0.261 e. The number of pyridine rings is 1. The summed E-state index contributed by atoms with van der Waals surface area (Å²) in [6.07, 6.45) is 8.56. The Morgan fingerprint density at radius 3 is 2.71 bits per heavy atom. The third kappa shape index (κ3) is 3.91. The third-order valence-corrected chi connectivity index (χ3v) is 2.68. The second-order valence-corrected chi connectivity index (χ2v) is 4.00. The minimum atomic E-state index is 0.619. The van der Waals surface area contributed by atoms with Crippen LogP contribution in [0.4, 0.5) is 0 Å². The van der Waals surface area contributed by atoms with E-state index in [1.807, 2.05) is 12.3 Å². The standard InChI is InChI=1S/C13H21N/c1-3-4-5-6-9-12(2)13-10-7-8-11-14-13/h7-8,10-12H,3-6,9H2,1-2H3. The molecular formula is C13H21N. The number of hydrogen-bond acceptors (Lipinski definition) is 1. The molecule has 0 aromatic carbocycles. The zero-order valence-corrected chi connectivity index (χ0v) is 9.37. The van der Waals surface area contributed by atoms with Gasteiger partial charge < -0.3 is 0 Å². The average Bonchev–Trinajstić information content (AvgIpc) is 2.25. The Morgan fingerprint density at radius 2 is 2.07 bits per heavy atom. The molecule has 14 heavy (non-hydrogen) atoms. The predicted molar refractivity (Wildman–Crippen MR) is 61.4 cm³/mol. The lowest BCUT2D eigenvalue weighted by atomic mass is 9.99. The fraction of sp³-hybridized carbons (Fsp3) is 0.615. The van der Waals surface area contributed by atoms with Crippen molar-refractivity contribution in [3.8, 4) is 0 Å². The molecule has 1 nitrogen and oxygen atoms in total. The monoisotopic (exact) mass is 191 g/mol. The summed E-state index contributed by atoms with van der Waals surface area (Å²) in [4.78, 5) is 4.38. The van der Waals surface area contributed by atoms with E-state index in [-0.39, 0.29) is 0 Å². The van der Waals surface area contributed by atoms with Gasteiger partial charge in [-0.3, -0.25) is 4.98 Å². The maximum absolute atomic E-state index is 4.38. The summed E-state index contributed by atoms with van der Waals surface area (Å²) in [5.74, 6) is 0.619. The summed E-state index contributed by atoms with van der Waals surface area (Å²) in [6, 6.07) is 6.18. The van der Waals surface area contributed by atoms with E-state index in [1.165, 1.54) is 37.8 Å². The number of hydrogen-bond donors (Lipinski definition) is 0. The van der Waals surface area contributed by atoms with Crippen molar-refractivity contribution in [1.29, 1.82) is 0 Å². The molecular weight excluding hydrogens is 170 g/mol. The maximum Gasteiger partial charge on any atom is 0.0431 e. The van der Waals surface area contributed by atoms with Crippen LogP contribution >= 0.6 is 0 Å². The van der Waals surface area contributed by atoms with Gasteiger partial charge in [0.2, 0.25) is 0 Å². The van der Waals surface area contributed by atoms with Crippen molar-refractivity contribution in [2.45, 2.75) is 51.9 Å². The fourth-order valence-electron chi connectivity index (χ4n) is 1.69. The lowest BCUT2D eigenvalue weighted by molar-refractivity contribution is 0.572. The summed E-state index contributed by atoms with van der Waals surface area (Å²) in [7, 11) is 0. The molecule has 0 saturated carbocycles. The van der Waals surface area contributed by atoms with Crippen LogP contribution in [0, 0.1) is 0 Å². The largest absolute Gasteiger partial charge is 0.261 e. The van der Waals surface area contributed by atoms with E-state index in [0.717, 1.165) is 0 Å². The van der Waals surface area contributed by atoms with Crippen molar-refractivity contribution in [2.24, 2.45) is 0 Å². The smallest absolute Gasteiger partial charge is 0.0431 e. The molecule has 0 bridgehead atoms. The van der Waals surface area contributed by atoms with Crippen molar-refractivity contribution in [2.75, 3.05) is 0 Å². The van der Waals surface area contributed by atoms with E-state index < -0.39 is 0 Å².